The second kappa shape index (κ2) is 6.27. The van der Waals surface area contributed by atoms with Gasteiger partial charge >= 0.3 is 0 Å². The number of methoxy groups -OCH3 is 2. The second-order valence-electron chi connectivity index (χ2n) is 4.68. The van der Waals surface area contributed by atoms with Crippen molar-refractivity contribution in [2.75, 3.05) is 20.0 Å². The van der Waals surface area contributed by atoms with Gasteiger partial charge in [0.1, 0.15) is 0 Å². The summed E-state index contributed by atoms with van der Waals surface area (Å²) in [5, 5.41) is 0. The van der Waals surface area contributed by atoms with Crippen molar-refractivity contribution in [2.45, 2.75) is 0 Å². The van der Waals surface area contributed by atoms with E-state index in [1.165, 1.54) is 0 Å². The van der Waals surface area contributed by atoms with Crippen LogP contribution in [-0.4, -0.2) is 34.2 Å². The quantitative estimate of drug-likeness (QED) is 0.789. The third-order valence-electron chi connectivity index (χ3n) is 3.23. The van der Waals surface area contributed by atoms with Crippen LogP contribution in [0.5, 0.6) is 11.8 Å². The Balaban J connectivity index is 2.00. The maximum absolute atomic E-state index is 5.83. The van der Waals surface area contributed by atoms with Crippen LogP contribution in [0.1, 0.15) is 0 Å². The first kappa shape index (κ1) is 14.7. The lowest BCUT2D eigenvalue weighted by atomic mass is 10.1. The highest BCUT2D eigenvalue weighted by atomic mass is 16.5. The Morgan fingerprint density at radius 2 is 1.26 bits per heavy atom. The van der Waals surface area contributed by atoms with Crippen LogP contribution in [-0.2, 0) is 0 Å². The zero-order valence-corrected chi connectivity index (χ0v) is 12.7. The SMILES string of the molecule is COc1ccc(-c2cc(-c3ccc(OC)nc3)nc(N)n2)cn1. The average molecular weight is 309 g/mol. The Kier molecular flexibility index (Phi) is 4.01. The van der Waals surface area contributed by atoms with Crippen molar-refractivity contribution in [1.82, 2.24) is 19.9 Å². The minimum absolute atomic E-state index is 0.184. The van der Waals surface area contributed by atoms with Crippen LogP contribution in [0, 0.1) is 0 Å². The minimum Gasteiger partial charge on any atom is -0.481 e. The van der Waals surface area contributed by atoms with Gasteiger partial charge in [-0.2, -0.15) is 0 Å². The summed E-state index contributed by atoms with van der Waals surface area (Å²) in [7, 11) is 3.14. The summed E-state index contributed by atoms with van der Waals surface area (Å²) >= 11 is 0. The van der Waals surface area contributed by atoms with Gasteiger partial charge in [0.15, 0.2) is 0 Å². The Morgan fingerprint density at radius 3 is 1.61 bits per heavy atom. The number of ether oxygens (including phenoxy) is 2. The van der Waals surface area contributed by atoms with Crippen LogP contribution in [0.4, 0.5) is 5.95 Å². The van der Waals surface area contributed by atoms with Crippen molar-refractivity contribution in [1.29, 1.82) is 0 Å². The Bertz CT molecular complexity index is 738. The van der Waals surface area contributed by atoms with Gasteiger partial charge in [-0.05, 0) is 18.2 Å². The first-order valence-electron chi connectivity index (χ1n) is 6.85. The fraction of sp³-hybridized carbons (Fsp3) is 0.125. The Labute approximate surface area is 133 Å². The summed E-state index contributed by atoms with van der Waals surface area (Å²) in [6, 6.07) is 9.10. The summed E-state index contributed by atoms with van der Waals surface area (Å²) in [5.41, 5.74) is 8.84. The van der Waals surface area contributed by atoms with E-state index in [1.54, 1.807) is 38.7 Å². The van der Waals surface area contributed by atoms with Gasteiger partial charge in [-0.15, -0.1) is 0 Å². The maximum Gasteiger partial charge on any atom is 0.221 e. The van der Waals surface area contributed by atoms with Crippen molar-refractivity contribution in [3.8, 4) is 34.3 Å². The van der Waals surface area contributed by atoms with E-state index in [2.05, 4.69) is 19.9 Å². The molecule has 0 aliphatic rings. The molecule has 0 aliphatic heterocycles. The highest BCUT2D eigenvalue weighted by Gasteiger charge is 2.08. The number of nitrogen functional groups attached to an aromatic ring is 1. The van der Waals surface area contributed by atoms with Crippen LogP contribution in [0.3, 0.4) is 0 Å². The zero-order valence-electron chi connectivity index (χ0n) is 12.7. The Hall–Kier alpha value is -3.22. The van der Waals surface area contributed by atoms with Crippen molar-refractivity contribution in [3.05, 3.63) is 42.7 Å². The van der Waals surface area contributed by atoms with Gasteiger partial charge in [0, 0.05) is 35.7 Å². The van der Waals surface area contributed by atoms with E-state index in [4.69, 9.17) is 15.2 Å². The van der Waals surface area contributed by atoms with Crippen molar-refractivity contribution in [2.24, 2.45) is 0 Å². The van der Waals surface area contributed by atoms with Gasteiger partial charge < -0.3 is 15.2 Å². The summed E-state index contributed by atoms with van der Waals surface area (Å²) < 4.78 is 10.1. The molecule has 0 spiro atoms. The molecule has 3 aromatic rings. The molecule has 0 aliphatic carbocycles. The number of hydrogen-bond acceptors (Lipinski definition) is 7. The van der Waals surface area contributed by atoms with Gasteiger partial charge in [0.25, 0.3) is 0 Å². The number of hydrogen-bond donors (Lipinski definition) is 1. The molecule has 23 heavy (non-hydrogen) atoms. The van der Waals surface area contributed by atoms with Gasteiger partial charge in [0.05, 0.1) is 25.6 Å². The first-order valence-corrected chi connectivity index (χ1v) is 6.85. The number of rotatable bonds is 4. The van der Waals surface area contributed by atoms with E-state index in [9.17, 15) is 0 Å². The second-order valence-corrected chi connectivity index (χ2v) is 4.68. The van der Waals surface area contributed by atoms with E-state index >= 15 is 0 Å². The first-order chi connectivity index (χ1) is 11.2. The molecule has 0 radical (unpaired) electrons. The monoisotopic (exact) mass is 309 g/mol. The van der Waals surface area contributed by atoms with Gasteiger partial charge in [-0.3, -0.25) is 0 Å². The molecule has 7 heteroatoms. The molecular weight excluding hydrogens is 294 g/mol. The van der Waals surface area contributed by atoms with E-state index in [-0.39, 0.29) is 5.95 Å². The topological polar surface area (TPSA) is 96.0 Å². The highest BCUT2D eigenvalue weighted by molar-refractivity contribution is 5.68. The molecule has 3 aromatic heterocycles. The molecule has 3 rings (SSSR count). The largest absolute Gasteiger partial charge is 0.481 e. The maximum atomic E-state index is 5.83. The third kappa shape index (κ3) is 3.18. The fourth-order valence-electron chi connectivity index (χ4n) is 2.07. The van der Waals surface area contributed by atoms with Crippen LogP contribution in [0.2, 0.25) is 0 Å². The smallest absolute Gasteiger partial charge is 0.221 e. The molecule has 116 valence electrons. The van der Waals surface area contributed by atoms with Crippen LogP contribution in [0.25, 0.3) is 22.5 Å². The summed E-state index contributed by atoms with van der Waals surface area (Å²) in [4.78, 5) is 16.9. The minimum atomic E-state index is 0.184. The molecule has 2 N–H and O–H groups in total. The number of anilines is 1. The predicted molar refractivity (Wildman–Crippen MR) is 86.0 cm³/mol. The molecule has 0 aromatic carbocycles. The predicted octanol–water partition coefficient (Wildman–Crippen LogP) is 2.20. The van der Waals surface area contributed by atoms with E-state index in [1.807, 2.05) is 18.2 Å². The average Bonchev–Trinajstić information content (AvgIpc) is 2.61. The highest BCUT2D eigenvalue weighted by Crippen LogP contribution is 2.25. The van der Waals surface area contributed by atoms with Crippen LogP contribution in [0.15, 0.2) is 42.7 Å². The summed E-state index contributed by atoms with van der Waals surface area (Å²) in [6.07, 6.45) is 3.35. The van der Waals surface area contributed by atoms with E-state index in [0.717, 1.165) is 11.1 Å². The van der Waals surface area contributed by atoms with Crippen molar-refractivity contribution in [3.63, 3.8) is 0 Å². The number of nitrogens with two attached hydrogens (primary N) is 1. The van der Waals surface area contributed by atoms with Crippen molar-refractivity contribution < 1.29 is 9.47 Å². The number of nitrogens with zero attached hydrogens (tertiary/aromatic N) is 4. The molecule has 0 amide bonds. The number of aromatic nitrogens is 4. The molecule has 0 bridgehead atoms. The standard InChI is InChI=1S/C16H15N5O2/c1-22-14-5-3-10(8-18-14)12-7-13(21-16(17)20-12)11-4-6-15(23-2)19-9-11/h3-9H,1-2H3,(H2,17,20,21). The molecule has 0 unspecified atom stereocenters. The molecule has 3 heterocycles. The lowest BCUT2D eigenvalue weighted by Crippen LogP contribution is -1.99. The van der Waals surface area contributed by atoms with E-state index < -0.39 is 0 Å². The number of pyridine rings is 2. The Morgan fingerprint density at radius 1 is 0.783 bits per heavy atom. The molecule has 0 saturated heterocycles. The third-order valence-corrected chi connectivity index (χ3v) is 3.23. The van der Waals surface area contributed by atoms with Crippen LogP contribution < -0.4 is 15.2 Å². The van der Waals surface area contributed by atoms with Crippen molar-refractivity contribution >= 4 is 5.95 Å². The van der Waals surface area contributed by atoms with Gasteiger partial charge in [-0.25, -0.2) is 19.9 Å². The van der Waals surface area contributed by atoms with Crippen LogP contribution >= 0.6 is 0 Å². The van der Waals surface area contributed by atoms with Gasteiger partial charge in [0.2, 0.25) is 17.7 Å². The zero-order chi connectivity index (χ0) is 16.2. The molecular formula is C16H15N5O2. The van der Waals surface area contributed by atoms with Gasteiger partial charge in [-0.1, -0.05) is 0 Å². The fourth-order valence-corrected chi connectivity index (χ4v) is 2.07. The molecule has 7 nitrogen and oxygen atoms in total. The lowest BCUT2D eigenvalue weighted by Gasteiger charge is -2.07. The molecule has 0 fully saturated rings. The summed E-state index contributed by atoms with van der Waals surface area (Å²) in [5.74, 6) is 1.26. The summed E-state index contributed by atoms with van der Waals surface area (Å²) in [6.45, 7) is 0. The van der Waals surface area contributed by atoms with E-state index in [0.29, 0.717) is 23.1 Å². The molecule has 0 saturated carbocycles. The normalized spacial score (nSPS) is 10.3. The lowest BCUT2D eigenvalue weighted by molar-refractivity contribution is 0.398. The molecule has 0 atom stereocenters.